The van der Waals surface area contributed by atoms with Crippen LogP contribution in [0.3, 0.4) is 0 Å². The van der Waals surface area contributed by atoms with Crippen molar-refractivity contribution in [2.24, 2.45) is 0 Å². The van der Waals surface area contributed by atoms with E-state index in [1.54, 1.807) is 12.4 Å². The lowest BCUT2D eigenvalue weighted by molar-refractivity contribution is -0.138. The van der Waals surface area contributed by atoms with Gasteiger partial charge in [0.05, 0.1) is 12.1 Å². The Morgan fingerprint density at radius 1 is 0.897 bits per heavy atom. The Bertz CT molecular complexity index is 929. The molecule has 2 aliphatic heterocycles. The van der Waals surface area contributed by atoms with Gasteiger partial charge in [0.25, 0.3) is 11.8 Å². The van der Waals surface area contributed by atoms with Gasteiger partial charge in [-0.25, -0.2) is 0 Å². The Hall–Kier alpha value is -2.99. The number of pyridine rings is 1. The molecule has 1 aromatic carbocycles. The minimum atomic E-state index is -0.219. The van der Waals surface area contributed by atoms with E-state index in [0.29, 0.717) is 11.3 Å². The lowest BCUT2D eigenvalue weighted by atomic mass is 10.0. The first-order chi connectivity index (χ1) is 14.1. The topological polar surface area (TPSA) is 56.8 Å². The van der Waals surface area contributed by atoms with Crippen LogP contribution >= 0.6 is 0 Å². The van der Waals surface area contributed by atoms with Crippen LogP contribution in [-0.4, -0.2) is 64.2 Å². The van der Waals surface area contributed by atoms with E-state index in [-0.39, 0.29) is 18.4 Å². The van der Waals surface area contributed by atoms with Crippen molar-refractivity contribution in [3.05, 3.63) is 71.2 Å². The van der Waals surface area contributed by atoms with Crippen LogP contribution in [0.1, 0.15) is 23.6 Å². The summed E-state index contributed by atoms with van der Waals surface area (Å²) in [5, 5.41) is 0. The summed E-state index contributed by atoms with van der Waals surface area (Å²) in [6.07, 6.45) is 3.36. The van der Waals surface area contributed by atoms with Crippen LogP contribution in [0.5, 0.6) is 0 Å². The molecule has 0 unspecified atom stereocenters. The third kappa shape index (κ3) is 3.80. The van der Waals surface area contributed by atoms with Gasteiger partial charge in [0.2, 0.25) is 0 Å². The molecule has 2 aromatic rings. The maximum absolute atomic E-state index is 13.4. The molecule has 0 bridgehead atoms. The predicted octanol–water partition coefficient (Wildman–Crippen LogP) is 2.31. The van der Waals surface area contributed by atoms with Crippen molar-refractivity contribution in [3.63, 3.8) is 0 Å². The molecule has 6 nitrogen and oxygen atoms in total. The first-order valence-electron chi connectivity index (χ1n) is 10.1. The highest BCUT2D eigenvalue weighted by molar-refractivity contribution is 6.35. The van der Waals surface area contributed by atoms with Crippen molar-refractivity contribution >= 4 is 17.4 Å². The molecule has 4 rings (SSSR count). The lowest BCUT2D eigenvalue weighted by Crippen LogP contribution is -2.47. The molecule has 0 saturated carbocycles. The number of rotatable bonds is 5. The molecule has 1 saturated heterocycles. The molecule has 150 valence electrons. The molecule has 2 amide bonds. The highest BCUT2D eigenvalue weighted by atomic mass is 16.2. The van der Waals surface area contributed by atoms with Crippen molar-refractivity contribution in [1.82, 2.24) is 19.7 Å². The molecule has 3 heterocycles. The molecule has 2 aliphatic rings. The minimum absolute atomic E-state index is 0.202. The van der Waals surface area contributed by atoms with Crippen LogP contribution in [0, 0.1) is 6.92 Å². The van der Waals surface area contributed by atoms with Crippen LogP contribution in [-0.2, 0) is 16.1 Å². The number of hydrogen-bond acceptors (Lipinski definition) is 5. The number of carbonyl (C=O) groups excluding carboxylic acids is 2. The Balaban J connectivity index is 1.70. The van der Waals surface area contributed by atoms with Crippen LogP contribution in [0.4, 0.5) is 0 Å². The molecule has 1 fully saturated rings. The van der Waals surface area contributed by atoms with E-state index in [4.69, 9.17) is 0 Å². The zero-order valence-corrected chi connectivity index (χ0v) is 17.0. The maximum Gasteiger partial charge on any atom is 0.278 e. The maximum atomic E-state index is 13.4. The summed E-state index contributed by atoms with van der Waals surface area (Å²) in [6.45, 7) is 8.71. The van der Waals surface area contributed by atoms with Crippen molar-refractivity contribution in [2.45, 2.75) is 20.4 Å². The minimum Gasteiger partial charge on any atom is -0.364 e. The number of likely N-dealkylation sites (N-methyl/N-ethyl adjacent to an activating group) is 1. The van der Waals surface area contributed by atoms with E-state index in [9.17, 15) is 9.59 Å². The molecular formula is C23H26N4O2. The second kappa shape index (κ2) is 8.17. The molecular weight excluding hydrogens is 364 g/mol. The summed E-state index contributed by atoms with van der Waals surface area (Å²) in [4.78, 5) is 36.6. The summed E-state index contributed by atoms with van der Waals surface area (Å²) in [5.74, 6) is -0.420. The molecule has 0 N–H and O–H groups in total. The number of aryl methyl sites for hydroxylation is 1. The molecule has 0 atom stereocenters. The first-order valence-corrected chi connectivity index (χ1v) is 10.1. The normalized spacial score (nSPS) is 18.1. The van der Waals surface area contributed by atoms with Crippen molar-refractivity contribution in [3.8, 4) is 0 Å². The fourth-order valence-electron chi connectivity index (χ4n) is 3.94. The van der Waals surface area contributed by atoms with Gasteiger partial charge >= 0.3 is 0 Å². The average Bonchev–Trinajstić information content (AvgIpc) is 3.00. The standard InChI is InChI=1S/C23H26N4O2/c1-3-25-12-14-26(15-13-25)21-20(19-6-4-17(2)5-7-19)22(28)27(23(21)29)16-18-8-10-24-11-9-18/h4-11H,3,12-16H2,1-2H3. The predicted molar refractivity (Wildman–Crippen MR) is 112 cm³/mol. The lowest BCUT2D eigenvalue weighted by Gasteiger charge is -2.36. The van der Waals surface area contributed by atoms with Gasteiger partial charge < -0.3 is 9.80 Å². The first kappa shape index (κ1) is 19.3. The van der Waals surface area contributed by atoms with Crippen LogP contribution in [0.15, 0.2) is 54.5 Å². The summed E-state index contributed by atoms with van der Waals surface area (Å²) in [7, 11) is 0. The third-order valence-electron chi connectivity index (χ3n) is 5.71. The van der Waals surface area contributed by atoms with E-state index in [0.717, 1.165) is 49.4 Å². The zero-order valence-electron chi connectivity index (χ0n) is 17.0. The van der Waals surface area contributed by atoms with Crippen molar-refractivity contribution in [1.29, 1.82) is 0 Å². The van der Waals surface area contributed by atoms with Gasteiger partial charge in [-0.2, -0.15) is 0 Å². The smallest absolute Gasteiger partial charge is 0.278 e. The number of imide groups is 1. The van der Waals surface area contributed by atoms with Crippen LogP contribution < -0.4 is 0 Å². The van der Waals surface area contributed by atoms with Gasteiger partial charge in [-0.3, -0.25) is 19.5 Å². The van der Waals surface area contributed by atoms with Crippen molar-refractivity contribution < 1.29 is 9.59 Å². The monoisotopic (exact) mass is 390 g/mol. The molecule has 0 aliphatic carbocycles. The third-order valence-corrected chi connectivity index (χ3v) is 5.71. The Morgan fingerprint density at radius 2 is 1.55 bits per heavy atom. The van der Waals surface area contributed by atoms with Crippen molar-refractivity contribution in [2.75, 3.05) is 32.7 Å². The van der Waals surface area contributed by atoms with E-state index in [2.05, 4.69) is 21.7 Å². The van der Waals surface area contributed by atoms with Crippen LogP contribution in [0.2, 0.25) is 0 Å². The van der Waals surface area contributed by atoms with E-state index in [1.165, 1.54) is 4.90 Å². The van der Waals surface area contributed by atoms with Gasteiger partial charge in [-0.15, -0.1) is 0 Å². The molecule has 0 spiro atoms. The Kier molecular flexibility index (Phi) is 5.45. The van der Waals surface area contributed by atoms with Gasteiger partial charge in [0.15, 0.2) is 0 Å². The number of benzene rings is 1. The Morgan fingerprint density at radius 3 is 2.17 bits per heavy atom. The highest BCUT2D eigenvalue weighted by Gasteiger charge is 2.42. The van der Waals surface area contributed by atoms with Gasteiger partial charge in [-0.05, 0) is 36.7 Å². The second-order valence-corrected chi connectivity index (χ2v) is 7.56. The van der Waals surface area contributed by atoms with Gasteiger partial charge in [0, 0.05) is 38.6 Å². The number of carbonyl (C=O) groups is 2. The molecule has 0 radical (unpaired) electrons. The number of hydrogen-bond donors (Lipinski definition) is 0. The second-order valence-electron chi connectivity index (χ2n) is 7.56. The fourth-order valence-corrected chi connectivity index (χ4v) is 3.94. The molecule has 1 aromatic heterocycles. The zero-order chi connectivity index (χ0) is 20.4. The number of aromatic nitrogens is 1. The SMILES string of the molecule is CCN1CCN(C2=C(c3ccc(C)cc3)C(=O)N(Cc3ccncc3)C2=O)CC1. The largest absolute Gasteiger partial charge is 0.364 e. The number of piperazine rings is 1. The van der Waals surface area contributed by atoms with E-state index < -0.39 is 0 Å². The number of nitrogens with zero attached hydrogens (tertiary/aromatic N) is 4. The Labute approximate surface area is 171 Å². The average molecular weight is 390 g/mol. The summed E-state index contributed by atoms with van der Waals surface area (Å²) in [6, 6.07) is 11.5. The summed E-state index contributed by atoms with van der Waals surface area (Å²) < 4.78 is 0. The highest BCUT2D eigenvalue weighted by Crippen LogP contribution is 2.33. The quantitative estimate of drug-likeness (QED) is 0.734. The van der Waals surface area contributed by atoms with E-state index >= 15 is 0 Å². The van der Waals surface area contributed by atoms with Crippen LogP contribution in [0.25, 0.3) is 5.57 Å². The van der Waals surface area contributed by atoms with Gasteiger partial charge in [0.1, 0.15) is 5.70 Å². The molecule has 29 heavy (non-hydrogen) atoms. The van der Waals surface area contributed by atoms with E-state index in [1.807, 2.05) is 43.3 Å². The molecule has 6 heteroatoms. The number of amides is 2. The summed E-state index contributed by atoms with van der Waals surface area (Å²) >= 11 is 0. The summed E-state index contributed by atoms with van der Waals surface area (Å²) in [5.41, 5.74) is 3.89. The fraction of sp³-hybridized carbons (Fsp3) is 0.348. The van der Waals surface area contributed by atoms with Gasteiger partial charge in [-0.1, -0.05) is 36.8 Å².